The largest absolute Gasteiger partial charge is 0.485 e. The number of carbonyl (C=O) groups excluding carboxylic acids is 1. The van der Waals surface area contributed by atoms with Gasteiger partial charge in [0.25, 0.3) is 0 Å². The Kier molecular flexibility index (Phi) is 4.95. The van der Waals surface area contributed by atoms with Crippen molar-refractivity contribution < 1.29 is 17.9 Å². The van der Waals surface area contributed by atoms with Gasteiger partial charge in [-0.1, -0.05) is 30.3 Å². The molecule has 0 bridgehead atoms. The molecule has 0 N–H and O–H groups in total. The molecule has 116 valence electrons. The second-order valence-electron chi connectivity index (χ2n) is 4.84. The first-order valence-electron chi connectivity index (χ1n) is 6.65. The van der Waals surface area contributed by atoms with Gasteiger partial charge in [-0.2, -0.15) is 0 Å². The van der Waals surface area contributed by atoms with Crippen LogP contribution in [0.15, 0.2) is 59.5 Å². The van der Waals surface area contributed by atoms with E-state index in [2.05, 4.69) is 0 Å². The van der Waals surface area contributed by atoms with Crippen LogP contribution in [0.3, 0.4) is 0 Å². The van der Waals surface area contributed by atoms with Crippen LogP contribution in [0.1, 0.15) is 10.4 Å². The van der Waals surface area contributed by atoms with Gasteiger partial charge in [0.05, 0.1) is 4.90 Å². The van der Waals surface area contributed by atoms with Crippen molar-refractivity contribution in [3.05, 3.63) is 60.2 Å². The zero-order valence-corrected chi connectivity index (χ0v) is 13.2. The van der Waals surface area contributed by atoms with Crippen LogP contribution in [0.5, 0.6) is 5.75 Å². The number of rotatable bonds is 6. The Hall–Kier alpha value is -2.18. The summed E-state index contributed by atoms with van der Waals surface area (Å²) >= 11 is 0. The molecule has 0 saturated heterocycles. The minimum absolute atomic E-state index is 0.0935. The number of hydrogen-bond donors (Lipinski definition) is 0. The van der Waals surface area contributed by atoms with E-state index in [-0.39, 0.29) is 17.3 Å². The predicted octanol–water partition coefficient (Wildman–Crippen LogP) is 2.20. The molecule has 0 fully saturated rings. The second kappa shape index (κ2) is 6.72. The molecule has 2 aromatic carbocycles. The van der Waals surface area contributed by atoms with Crippen molar-refractivity contribution in [2.45, 2.75) is 4.90 Å². The zero-order chi connectivity index (χ0) is 16.2. The first-order chi connectivity index (χ1) is 10.4. The Morgan fingerprint density at radius 3 is 2.14 bits per heavy atom. The smallest absolute Gasteiger partial charge is 0.242 e. The molecule has 2 rings (SSSR count). The standard InChI is InChI=1S/C16H17NO4S/c1-17(2)22(19,20)15-10-8-14(9-11-15)21-12-16(18)13-6-4-3-5-7-13/h3-11H,12H2,1-2H3. The quantitative estimate of drug-likeness (QED) is 0.766. The molecule has 0 saturated carbocycles. The molecule has 0 aliphatic rings. The van der Waals surface area contributed by atoms with Gasteiger partial charge in [0.15, 0.2) is 12.4 Å². The Labute approximate surface area is 130 Å². The molecular formula is C16H17NO4S. The normalized spacial score (nSPS) is 11.4. The van der Waals surface area contributed by atoms with E-state index >= 15 is 0 Å². The number of ketones is 1. The molecule has 0 heterocycles. The lowest BCUT2D eigenvalue weighted by molar-refractivity contribution is 0.0921. The highest BCUT2D eigenvalue weighted by atomic mass is 32.2. The fourth-order valence-corrected chi connectivity index (χ4v) is 2.68. The average molecular weight is 319 g/mol. The highest BCUT2D eigenvalue weighted by Gasteiger charge is 2.16. The zero-order valence-electron chi connectivity index (χ0n) is 12.4. The minimum atomic E-state index is -3.46. The van der Waals surface area contributed by atoms with Crippen LogP contribution in [-0.4, -0.2) is 39.2 Å². The highest BCUT2D eigenvalue weighted by Crippen LogP contribution is 2.18. The number of benzene rings is 2. The van der Waals surface area contributed by atoms with Crippen LogP contribution in [0.4, 0.5) is 0 Å². The Morgan fingerprint density at radius 2 is 1.59 bits per heavy atom. The van der Waals surface area contributed by atoms with Gasteiger partial charge in [0.1, 0.15) is 5.75 Å². The van der Waals surface area contributed by atoms with Gasteiger partial charge in [-0.25, -0.2) is 12.7 Å². The highest BCUT2D eigenvalue weighted by molar-refractivity contribution is 7.89. The van der Waals surface area contributed by atoms with Gasteiger partial charge in [-0.15, -0.1) is 0 Å². The molecule has 0 radical (unpaired) electrons. The van der Waals surface area contributed by atoms with Gasteiger partial charge in [0.2, 0.25) is 10.0 Å². The van der Waals surface area contributed by atoms with Crippen molar-refractivity contribution in [3.63, 3.8) is 0 Å². The van der Waals surface area contributed by atoms with Crippen molar-refractivity contribution in [1.29, 1.82) is 0 Å². The summed E-state index contributed by atoms with van der Waals surface area (Å²) in [5.74, 6) is 0.313. The van der Waals surface area contributed by atoms with Crippen LogP contribution in [0, 0.1) is 0 Å². The third-order valence-corrected chi connectivity index (χ3v) is 4.90. The van der Waals surface area contributed by atoms with Crippen LogP contribution in [0.2, 0.25) is 0 Å². The van der Waals surface area contributed by atoms with Crippen molar-refractivity contribution in [1.82, 2.24) is 4.31 Å². The maximum atomic E-state index is 11.9. The van der Waals surface area contributed by atoms with E-state index in [0.29, 0.717) is 11.3 Å². The summed E-state index contributed by atoms with van der Waals surface area (Å²) < 4.78 is 30.4. The van der Waals surface area contributed by atoms with Crippen LogP contribution in [0.25, 0.3) is 0 Å². The first-order valence-corrected chi connectivity index (χ1v) is 8.09. The summed E-state index contributed by atoms with van der Waals surface area (Å²) in [5.41, 5.74) is 0.578. The van der Waals surface area contributed by atoms with E-state index in [4.69, 9.17) is 4.74 Å². The summed E-state index contributed by atoms with van der Waals surface area (Å²) in [7, 11) is -0.516. The lowest BCUT2D eigenvalue weighted by Crippen LogP contribution is -2.22. The SMILES string of the molecule is CN(C)S(=O)(=O)c1ccc(OCC(=O)c2ccccc2)cc1. The van der Waals surface area contributed by atoms with Crippen LogP contribution < -0.4 is 4.74 Å². The summed E-state index contributed by atoms with van der Waals surface area (Å²) in [6.45, 7) is -0.0935. The molecule has 0 spiro atoms. The topological polar surface area (TPSA) is 63.7 Å². The Balaban J connectivity index is 2.02. The maximum absolute atomic E-state index is 11.9. The molecule has 0 aromatic heterocycles. The van der Waals surface area contributed by atoms with Gasteiger partial charge >= 0.3 is 0 Å². The summed E-state index contributed by atoms with van der Waals surface area (Å²) in [6.07, 6.45) is 0. The van der Waals surface area contributed by atoms with E-state index in [1.807, 2.05) is 6.07 Å². The van der Waals surface area contributed by atoms with Crippen molar-refractivity contribution in [2.75, 3.05) is 20.7 Å². The fraction of sp³-hybridized carbons (Fsp3) is 0.188. The Bertz CT molecular complexity index is 737. The van der Waals surface area contributed by atoms with Gasteiger partial charge in [0, 0.05) is 19.7 Å². The average Bonchev–Trinajstić information content (AvgIpc) is 2.53. The monoisotopic (exact) mass is 319 g/mol. The number of sulfonamides is 1. The molecule has 0 amide bonds. The van der Waals surface area contributed by atoms with Crippen molar-refractivity contribution >= 4 is 15.8 Å². The second-order valence-corrected chi connectivity index (χ2v) is 6.99. The fourth-order valence-electron chi connectivity index (χ4n) is 1.77. The summed E-state index contributed by atoms with van der Waals surface area (Å²) in [6, 6.07) is 14.8. The lowest BCUT2D eigenvalue weighted by atomic mass is 10.1. The Morgan fingerprint density at radius 1 is 1.00 bits per heavy atom. The molecule has 0 atom stereocenters. The minimum Gasteiger partial charge on any atom is -0.485 e. The third kappa shape index (κ3) is 3.72. The van der Waals surface area contributed by atoms with Gasteiger partial charge < -0.3 is 4.74 Å². The van der Waals surface area contributed by atoms with E-state index in [9.17, 15) is 13.2 Å². The van der Waals surface area contributed by atoms with E-state index < -0.39 is 10.0 Å². The van der Waals surface area contributed by atoms with Crippen LogP contribution >= 0.6 is 0 Å². The number of ether oxygens (including phenoxy) is 1. The maximum Gasteiger partial charge on any atom is 0.242 e. The third-order valence-electron chi connectivity index (χ3n) is 3.07. The molecule has 0 unspecified atom stereocenters. The molecule has 5 nitrogen and oxygen atoms in total. The molecule has 6 heteroatoms. The van der Waals surface area contributed by atoms with E-state index in [1.54, 1.807) is 24.3 Å². The number of nitrogens with zero attached hydrogens (tertiary/aromatic N) is 1. The number of hydrogen-bond acceptors (Lipinski definition) is 4. The van der Waals surface area contributed by atoms with E-state index in [1.165, 1.54) is 38.4 Å². The van der Waals surface area contributed by atoms with Crippen LogP contribution in [-0.2, 0) is 10.0 Å². The van der Waals surface area contributed by atoms with Gasteiger partial charge in [-0.3, -0.25) is 4.79 Å². The molecule has 22 heavy (non-hydrogen) atoms. The van der Waals surface area contributed by atoms with Crippen molar-refractivity contribution in [2.24, 2.45) is 0 Å². The summed E-state index contributed by atoms with van der Waals surface area (Å²) in [5, 5.41) is 0. The predicted molar refractivity (Wildman–Crippen MR) is 83.6 cm³/mol. The summed E-state index contributed by atoms with van der Waals surface area (Å²) in [4.78, 5) is 12.1. The molecule has 0 aliphatic carbocycles. The van der Waals surface area contributed by atoms with Crippen molar-refractivity contribution in [3.8, 4) is 5.75 Å². The van der Waals surface area contributed by atoms with E-state index in [0.717, 1.165) is 4.31 Å². The number of Topliss-reactive ketones (excluding diaryl/α,β-unsaturated/α-hetero) is 1. The molecule has 0 aliphatic heterocycles. The first kappa shape index (κ1) is 16.2. The molecular weight excluding hydrogens is 302 g/mol. The molecule has 2 aromatic rings. The van der Waals surface area contributed by atoms with Gasteiger partial charge in [-0.05, 0) is 24.3 Å². The number of carbonyl (C=O) groups is 1. The lowest BCUT2D eigenvalue weighted by Gasteiger charge is -2.12.